The van der Waals surface area contributed by atoms with Crippen LogP contribution in [0.15, 0.2) is 40.9 Å². The maximum Gasteiger partial charge on any atom is 0.0850 e. The Labute approximate surface area is 134 Å². The lowest BCUT2D eigenvalue weighted by molar-refractivity contribution is 1.14. The summed E-state index contributed by atoms with van der Waals surface area (Å²) in [5.41, 5.74) is 1.68. The highest BCUT2D eigenvalue weighted by Crippen LogP contribution is 2.36. The Hall–Kier alpha value is 0.0800. The first-order valence-electron chi connectivity index (χ1n) is 5.02. The van der Waals surface area contributed by atoms with Crippen molar-refractivity contribution >= 4 is 62.3 Å². The van der Waals surface area contributed by atoms with Gasteiger partial charge in [-0.05, 0) is 41.5 Å². The summed E-state index contributed by atoms with van der Waals surface area (Å²) in [6.07, 6.45) is 0. The van der Waals surface area contributed by atoms with Gasteiger partial charge in [-0.2, -0.15) is 0 Å². The molecule has 0 amide bonds. The third kappa shape index (κ3) is 3.34. The Morgan fingerprint density at radius 1 is 0.889 bits per heavy atom. The lowest BCUT2D eigenvalue weighted by Crippen LogP contribution is -1.94. The summed E-state index contributed by atoms with van der Waals surface area (Å²) in [5, 5.41) is 1.37. The quantitative estimate of drug-likeness (QED) is 0.503. The molecular weight excluding hydrogens is 378 g/mol. The molecule has 0 heterocycles. The third-order valence-corrected chi connectivity index (χ3v) is 4.14. The van der Waals surface area contributed by atoms with E-state index in [9.17, 15) is 0 Å². The molecule has 1 atom stereocenters. The molecular formula is C13H7BrCl4. The van der Waals surface area contributed by atoms with Crippen molar-refractivity contribution < 1.29 is 0 Å². The van der Waals surface area contributed by atoms with Gasteiger partial charge in [-0.3, -0.25) is 0 Å². The summed E-state index contributed by atoms with van der Waals surface area (Å²) >= 11 is 27.8. The van der Waals surface area contributed by atoms with E-state index < -0.39 is 0 Å². The van der Waals surface area contributed by atoms with Gasteiger partial charge in [0.15, 0.2) is 0 Å². The first kappa shape index (κ1) is 14.5. The number of alkyl halides is 1. The molecule has 0 saturated heterocycles. The molecule has 0 nitrogen and oxygen atoms in total. The summed E-state index contributed by atoms with van der Waals surface area (Å²) in [6, 6.07) is 10.8. The van der Waals surface area contributed by atoms with E-state index in [1.165, 1.54) is 0 Å². The fourth-order valence-electron chi connectivity index (χ4n) is 1.61. The van der Waals surface area contributed by atoms with Crippen LogP contribution in [0.4, 0.5) is 0 Å². The number of benzene rings is 2. The molecule has 0 radical (unpaired) electrons. The zero-order valence-electron chi connectivity index (χ0n) is 8.93. The molecule has 0 aliphatic rings. The van der Waals surface area contributed by atoms with Gasteiger partial charge in [0, 0.05) is 19.5 Å². The maximum atomic E-state index is 6.43. The predicted molar refractivity (Wildman–Crippen MR) is 83.3 cm³/mol. The highest BCUT2D eigenvalue weighted by Gasteiger charge is 2.15. The number of hydrogen-bond acceptors (Lipinski definition) is 0. The average molecular weight is 385 g/mol. The van der Waals surface area contributed by atoms with Crippen LogP contribution >= 0.6 is 62.3 Å². The molecule has 5 heteroatoms. The topological polar surface area (TPSA) is 0 Å². The lowest BCUT2D eigenvalue weighted by Gasteiger charge is -2.13. The summed E-state index contributed by atoms with van der Waals surface area (Å²) in [5.74, 6) is 0. The first-order valence-corrected chi connectivity index (χ1v) is 7.38. The molecule has 2 aromatic carbocycles. The zero-order valence-corrected chi connectivity index (χ0v) is 13.5. The van der Waals surface area contributed by atoms with Crippen molar-refractivity contribution in [3.8, 4) is 0 Å². The van der Waals surface area contributed by atoms with E-state index in [0.29, 0.717) is 15.1 Å². The van der Waals surface area contributed by atoms with E-state index in [1.54, 1.807) is 18.2 Å². The molecule has 0 aliphatic heterocycles. The molecule has 2 aromatic rings. The fourth-order valence-corrected chi connectivity index (χ4v) is 3.38. The van der Waals surface area contributed by atoms with Crippen LogP contribution in [-0.4, -0.2) is 0 Å². The molecule has 0 saturated carbocycles. The predicted octanol–water partition coefficient (Wildman–Crippen LogP) is 6.74. The Morgan fingerprint density at radius 2 is 1.61 bits per heavy atom. The van der Waals surface area contributed by atoms with Crippen LogP contribution in [-0.2, 0) is 0 Å². The van der Waals surface area contributed by atoms with E-state index in [1.807, 2.05) is 18.2 Å². The fraction of sp³-hybridized carbons (Fsp3) is 0.0769. The molecule has 0 bridgehead atoms. The van der Waals surface area contributed by atoms with Gasteiger partial charge in [0.2, 0.25) is 0 Å². The second-order valence-corrected chi connectivity index (χ2v) is 6.36. The monoisotopic (exact) mass is 382 g/mol. The Balaban J connectivity index is 2.44. The van der Waals surface area contributed by atoms with Crippen LogP contribution in [0.5, 0.6) is 0 Å². The van der Waals surface area contributed by atoms with Crippen molar-refractivity contribution in [2.24, 2.45) is 0 Å². The van der Waals surface area contributed by atoms with Crippen molar-refractivity contribution in [3.05, 3.63) is 67.1 Å². The van der Waals surface area contributed by atoms with Crippen LogP contribution in [0.2, 0.25) is 15.1 Å². The number of hydrogen-bond donors (Lipinski definition) is 0. The largest absolute Gasteiger partial charge is 0.113 e. The Bertz CT molecular complexity index is 563. The van der Waals surface area contributed by atoms with Crippen LogP contribution in [0, 0.1) is 0 Å². The van der Waals surface area contributed by atoms with Crippen LogP contribution in [0.3, 0.4) is 0 Å². The van der Waals surface area contributed by atoms with Crippen molar-refractivity contribution in [1.82, 2.24) is 0 Å². The van der Waals surface area contributed by atoms with Gasteiger partial charge in [0.05, 0.1) is 5.38 Å². The van der Waals surface area contributed by atoms with E-state index in [0.717, 1.165) is 15.6 Å². The van der Waals surface area contributed by atoms with E-state index in [-0.39, 0.29) is 5.38 Å². The SMILES string of the molecule is Clc1cc(Br)cc(C(Cl)c2ccc(Cl)cc2Cl)c1. The van der Waals surface area contributed by atoms with Crippen molar-refractivity contribution in [2.75, 3.05) is 0 Å². The van der Waals surface area contributed by atoms with Gasteiger partial charge in [-0.15, -0.1) is 11.6 Å². The first-order chi connectivity index (χ1) is 8.47. The van der Waals surface area contributed by atoms with Crippen molar-refractivity contribution in [3.63, 3.8) is 0 Å². The highest BCUT2D eigenvalue weighted by molar-refractivity contribution is 9.10. The third-order valence-electron chi connectivity index (χ3n) is 2.41. The van der Waals surface area contributed by atoms with Gasteiger partial charge in [-0.25, -0.2) is 0 Å². The summed E-state index contributed by atoms with van der Waals surface area (Å²) in [4.78, 5) is 0. The van der Waals surface area contributed by atoms with Gasteiger partial charge < -0.3 is 0 Å². The molecule has 0 fully saturated rings. The minimum absolute atomic E-state index is 0.371. The van der Waals surface area contributed by atoms with Crippen molar-refractivity contribution in [2.45, 2.75) is 5.38 Å². The normalized spacial score (nSPS) is 12.5. The zero-order chi connectivity index (χ0) is 13.3. The van der Waals surface area contributed by atoms with E-state index in [2.05, 4.69) is 15.9 Å². The standard InChI is InChI=1S/C13H7BrCl4/c14-8-3-7(4-10(16)5-8)13(18)11-2-1-9(15)6-12(11)17/h1-6,13H. The van der Waals surface area contributed by atoms with Gasteiger partial charge in [0.25, 0.3) is 0 Å². The Kier molecular flexibility index (Phi) is 4.85. The summed E-state index contributed by atoms with van der Waals surface area (Å²) in [7, 11) is 0. The molecule has 0 spiro atoms. The number of rotatable bonds is 2. The maximum absolute atomic E-state index is 6.43. The molecule has 94 valence electrons. The summed E-state index contributed by atoms with van der Waals surface area (Å²) < 4.78 is 0.876. The van der Waals surface area contributed by atoms with Crippen LogP contribution in [0.25, 0.3) is 0 Å². The second kappa shape index (κ2) is 6.02. The van der Waals surface area contributed by atoms with E-state index >= 15 is 0 Å². The average Bonchev–Trinajstić information content (AvgIpc) is 2.26. The minimum atomic E-state index is -0.371. The molecule has 0 N–H and O–H groups in total. The van der Waals surface area contributed by atoms with Gasteiger partial charge in [0.1, 0.15) is 0 Å². The molecule has 1 unspecified atom stereocenters. The van der Waals surface area contributed by atoms with Crippen LogP contribution < -0.4 is 0 Å². The van der Waals surface area contributed by atoms with Gasteiger partial charge in [-0.1, -0.05) is 56.8 Å². The molecule has 18 heavy (non-hydrogen) atoms. The second-order valence-electron chi connectivity index (χ2n) is 3.73. The molecule has 2 rings (SSSR count). The van der Waals surface area contributed by atoms with Gasteiger partial charge >= 0.3 is 0 Å². The number of halogens is 5. The minimum Gasteiger partial charge on any atom is -0.113 e. The molecule has 0 aromatic heterocycles. The van der Waals surface area contributed by atoms with E-state index in [4.69, 9.17) is 46.4 Å². The van der Waals surface area contributed by atoms with Crippen LogP contribution in [0.1, 0.15) is 16.5 Å². The lowest BCUT2D eigenvalue weighted by atomic mass is 10.0. The summed E-state index contributed by atoms with van der Waals surface area (Å²) in [6.45, 7) is 0. The Morgan fingerprint density at radius 3 is 2.22 bits per heavy atom. The highest BCUT2D eigenvalue weighted by atomic mass is 79.9. The smallest absolute Gasteiger partial charge is 0.0850 e. The van der Waals surface area contributed by atoms with Crippen molar-refractivity contribution in [1.29, 1.82) is 0 Å². The molecule has 0 aliphatic carbocycles.